The van der Waals surface area contributed by atoms with Gasteiger partial charge in [-0.3, -0.25) is 9.80 Å². The molecule has 5 heteroatoms. The first-order chi connectivity index (χ1) is 10.0. The van der Waals surface area contributed by atoms with Crippen molar-refractivity contribution in [3.05, 3.63) is 35.4 Å². The quantitative estimate of drug-likeness (QED) is 0.875. The van der Waals surface area contributed by atoms with E-state index in [0.29, 0.717) is 18.2 Å². The van der Waals surface area contributed by atoms with E-state index in [-0.39, 0.29) is 0 Å². The van der Waals surface area contributed by atoms with Gasteiger partial charge in [0.05, 0.1) is 0 Å². The van der Waals surface area contributed by atoms with Gasteiger partial charge in [0, 0.05) is 36.8 Å². The maximum Gasteiger partial charge on any atom is 0.130 e. The molecule has 0 aromatic heterocycles. The van der Waals surface area contributed by atoms with Gasteiger partial charge < -0.3 is 5.73 Å². The van der Waals surface area contributed by atoms with Crippen LogP contribution in [0.3, 0.4) is 0 Å². The molecule has 3 nitrogen and oxygen atoms in total. The molecule has 1 heterocycles. The largest absolute Gasteiger partial charge is 0.323 e. The molecule has 1 saturated heterocycles. The van der Waals surface area contributed by atoms with Gasteiger partial charge in [-0.05, 0) is 32.1 Å². The standard InChI is InChI=1S/C16H25F2N3/c1-3-21(4-2)13-7-8-20(10-13)11-16(19)14-6-5-12(17)9-15(14)18/h5-6,9,13,16H,3-4,7-8,10-11,19H2,1-2H3. The summed E-state index contributed by atoms with van der Waals surface area (Å²) in [6, 6.07) is 3.76. The molecule has 1 fully saturated rings. The van der Waals surface area contributed by atoms with E-state index in [1.54, 1.807) is 0 Å². The molecule has 1 aliphatic heterocycles. The van der Waals surface area contributed by atoms with Crippen molar-refractivity contribution in [2.75, 3.05) is 32.7 Å². The average molecular weight is 297 g/mol. The summed E-state index contributed by atoms with van der Waals surface area (Å²) < 4.78 is 26.7. The molecule has 2 unspecified atom stereocenters. The van der Waals surface area contributed by atoms with Gasteiger partial charge in [-0.1, -0.05) is 19.9 Å². The van der Waals surface area contributed by atoms with Gasteiger partial charge in [-0.25, -0.2) is 8.78 Å². The lowest BCUT2D eigenvalue weighted by atomic mass is 10.1. The molecule has 2 N–H and O–H groups in total. The summed E-state index contributed by atoms with van der Waals surface area (Å²) in [5.41, 5.74) is 6.49. The lowest BCUT2D eigenvalue weighted by molar-refractivity contribution is 0.208. The highest BCUT2D eigenvalue weighted by molar-refractivity contribution is 5.22. The number of halogens is 2. The molecule has 118 valence electrons. The Bertz CT molecular complexity index is 463. The first kappa shape index (κ1) is 16.3. The predicted molar refractivity (Wildman–Crippen MR) is 81.1 cm³/mol. The lowest BCUT2D eigenvalue weighted by Gasteiger charge is -2.27. The van der Waals surface area contributed by atoms with E-state index >= 15 is 0 Å². The SMILES string of the molecule is CCN(CC)C1CCN(CC(N)c2ccc(F)cc2F)C1. The maximum atomic E-state index is 13.7. The molecular formula is C16H25F2N3. The highest BCUT2D eigenvalue weighted by Gasteiger charge is 2.27. The van der Waals surface area contributed by atoms with Crippen LogP contribution in [0.4, 0.5) is 8.78 Å². The minimum Gasteiger partial charge on any atom is -0.323 e. The third kappa shape index (κ3) is 3.99. The van der Waals surface area contributed by atoms with Gasteiger partial charge in [0.1, 0.15) is 11.6 Å². The van der Waals surface area contributed by atoms with Crippen LogP contribution in [0.25, 0.3) is 0 Å². The molecule has 0 bridgehead atoms. The molecule has 1 aliphatic rings. The highest BCUT2D eigenvalue weighted by Crippen LogP contribution is 2.21. The van der Waals surface area contributed by atoms with Crippen LogP contribution in [0.1, 0.15) is 31.9 Å². The minimum atomic E-state index is -0.564. The molecule has 2 atom stereocenters. The molecule has 0 radical (unpaired) electrons. The number of likely N-dealkylation sites (tertiary alicyclic amines) is 1. The van der Waals surface area contributed by atoms with Crippen LogP contribution < -0.4 is 5.73 Å². The molecule has 0 aliphatic carbocycles. The van der Waals surface area contributed by atoms with Crippen molar-refractivity contribution in [2.24, 2.45) is 5.73 Å². The van der Waals surface area contributed by atoms with Gasteiger partial charge in [0.15, 0.2) is 0 Å². The third-order valence-electron chi connectivity index (χ3n) is 4.39. The second kappa shape index (κ2) is 7.29. The Morgan fingerprint density at radius 2 is 2.05 bits per heavy atom. The number of hydrogen-bond acceptors (Lipinski definition) is 3. The van der Waals surface area contributed by atoms with Crippen molar-refractivity contribution < 1.29 is 8.78 Å². The van der Waals surface area contributed by atoms with E-state index in [1.165, 1.54) is 12.1 Å². The topological polar surface area (TPSA) is 32.5 Å². The fraction of sp³-hybridized carbons (Fsp3) is 0.625. The number of nitrogens with zero attached hydrogens (tertiary/aromatic N) is 2. The van der Waals surface area contributed by atoms with Crippen molar-refractivity contribution in [3.63, 3.8) is 0 Å². The smallest absolute Gasteiger partial charge is 0.130 e. The summed E-state index contributed by atoms with van der Waals surface area (Å²) >= 11 is 0. The number of nitrogens with two attached hydrogens (primary N) is 1. The average Bonchev–Trinajstić information content (AvgIpc) is 2.88. The zero-order chi connectivity index (χ0) is 15.4. The molecule has 0 amide bonds. The third-order valence-corrected chi connectivity index (χ3v) is 4.39. The molecule has 0 spiro atoms. The molecule has 2 rings (SSSR count). The molecule has 21 heavy (non-hydrogen) atoms. The van der Waals surface area contributed by atoms with Crippen molar-refractivity contribution in [1.29, 1.82) is 0 Å². The normalized spacial score (nSPS) is 21.1. The number of hydrogen-bond donors (Lipinski definition) is 1. The van der Waals surface area contributed by atoms with Crippen LogP contribution in [-0.4, -0.2) is 48.6 Å². The van der Waals surface area contributed by atoms with Crippen molar-refractivity contribution in [2.45, 2.75) is 32.4 Å². The van der Waals surface area contributed by atoms with Crippen LogP contribution in [0.15, 0.2) is 18.2 Å². The summed E-state index contributed by atoms with van der Waals surface area (Å²) in [7, 11) is 0. The Labute approximate surface area is 125 Å². The monoisotopic (exact) mass is 297 g/mol. The maximum absolute atomic E-state index is 13.7. The van der Waals surface area contributed by atoms with Crippen LogP contribution in [0, 0.1) is 11.6 Å². The summed E-state index contributed by atoms with van der Waals surface area (Å²) in [5.74, 6) is -1.12. The van der Waals surface area contributed by atoms with Gasteiger partial charge in [-0.2, -0.15) is 0 Å². The Morgan fingerprint density at radius 1 is 1.33 bits per heavy atom. The zero-order valence-electron chi connectivity index (χ0n) is 12.9. The fourth-order valence-electron chi connectivity index (χ4n) is 3.19. The van der Waals surface area contributed by atoms with Crippen LogP contribution in [-0.2, 0) is 0 Å². The van der Waals surface area contributed by atoms with E-state index in [1.807, 2.05) is 0 Å². The van der Waals surface area contributed by atoms with Gasteiger partial charge in [0.2, 0.25) is 0 Å². The Kier molecular flexibility index (Phi) is 5.67. The highest BCUT2D eigenvalue weighted by atomic mass is 19.1. The second-order valence-corrected chi connectivity index (χ2v) is 5.70. The van der Waals surface area contributed by atoms with E-state index < -0.39 is 17.7 Å². The van der Waals surface area contributed by atoms with Crippen LogP contribution >= 0.6 is 0 Å². The van der Waals surface area contributed by atoms with E-state index in [2.05, 4.69) is 23.6 Å². The number of benzene rings is 1. The number of rotatable bonds is 6. The molecule has 0 saturated carbocycles. The zero-order valence-corrected chi connectivity index (χ0v) is 12.9. The molecular weight excluding hydrogens is 272 g/mol. The Morgan fingerprint density at radius 3 is 2.67 bits per heavy atom. The first-order valence-corrected chi connectivity index (χ1v) is 7.72. The summed E-state index contributed by atoms with van der Waals surface area (Å²) in [5, 5.41) is 0. The Balaban J connectivity index is 1.93. The van der Waals surface area contributed by atoms with Crippen LogP contribution in [0.5, 0.6) is 0 Å². The molecule has 1 aromatic rings. The predicted octanol–water partition coefficient (Wildman–Crippen LogP) is 2.38. The van der Waals surface area contributed by atoms with Gasteiger partial charge in [0.25, 0.3) is 0 Å². The number of likely N-dealkylation sites (N-methyl/N-ethyl adjacent to an activating group) is 1. The molecule has 1 aromatic carbocycles. The van der Waals surface area contributed by atoms with E-state index in [9.17, 15) is 8.78 Å². The van der Waals surface area contributed by atoms with Gasteiger partial charge >= 0.3 is 0 Å². The summed E-state index contributed by atoms with van der Waals surface area (Å²) in [6.07, 6.45) is 1.13. The van der Waals surface area contributed by atoms with Gasteiger partial charge in [-0.15, -0.1) is 0 Å². The van der Waals surface area contributed by atoms with Crippen molar-refractivity contribution >= 4 is 0 Å². The van der Waals surface area contributed by atoms with Crippen LogP contribution in [0.2, 0.25) is 0 Å². The van der Waals surface area contributed by atoms with Crippen molar-refractivity contribution in [1.82, 2.24) is 9.80 Å². The second-order valence-electron chi connectivity index (χ2n) is 5.70. The summed E-state index contributed by atoms with van der Waals surface area (Å²) in [4.78, 5) is 4.72. The summed E-state index contributed by atoms with van der Waals surface area (Å²) in [6.45, 7) is 9.01. The van der Waals surface area contributed by atoms with E-state index in [4.69, 9.17) is 5.73 Å². The Hall–Kier alpha value is -1.04. The fourth-order valence-corrected chi connectivity index (χ4v) is 3.19. The van der Waals surface area contributed by atoms with Crippen molar-refractivity contribution in [3.8, 4) is 0 Å². The van der Waals surface area contributed by atoms with E-state index in [0.717, 1.165) is 38.7 Å². The lowest BCUT2D eigenvalue weighted by Crippen LogP contribution is -2.38. The minimum absolute atomic E-state index is 0.391. The first-order valence-electron chi connectivity index (χ1n) is 7.72.